The van der Waals surface area contributed by atoms with Crippen molar-refractivity contribution in [1.82, 2.24) is 10.2 Å². The number of amides is 1. The van der Waals surface area contributed by atoms with E-state index < -0.39 is 0 Å². The molecule has 2 aliphatic rings. The van der Waals surface area contributed by atoms with Gasteiger partial charge in [-0.3, -0.25) is 10.1 Å². The normalized spacial score (nSPS) is 29.5. The van der Waals surface area contributed by atoms with Crippen LogP contribution in [0.25, 0.3) is 0 Å². The van der Waals surface area contributed by atoms with Crippen LogP contribution in [0.3, 0.4) is 0 Å². The van der Waals surface area contributed by atoms with Gasteiger partial charge >= 0.3 is 0 Å². The molecule has 4 heteroatoms. The maximum absolute atomic E-state index is 12.1. The Balaban J connectivity index is 1.78. The van der Waals surface area contributed by atoms with Crippen LogP contribution in [0, 0.1) is 5.92 Å². The van der Waals surface area contributed by atoms with E-state index in [4.69, 9.17) is 4.74 Å². The van der Waals surface area contributed by atoms with E-state index in [1.165, 1.54) is 32.1 Å². The first-order valence-electron chi connectivity index (χ1n) is 7.77. The van der Waals surface area contributed by atoms with Gasteiger partial charge in [0.15, 0.2) is 0 Å². The number of hydrogen-bond donors (Lipinski definition) is 1. The Hall–Kier alpha value is -0.610. The molecule has 2 unspecified atom stereocenters. The first kappa shape index (κ1) is 14.8. The molecule has 2 fully saturated rings. The molecule has 0 radical (unpaired) electrons. The van der Waals surface area contributed by atoms with Crippen LogP contribution in [0.15, 0.2) is 0 Å². The molecule has 0 bridgehead atoms. The molecule has 0 aromatic carbocycles. The predicted octanol–water partition coefficient (Wildman–Crippen LogP) is 2.14. The SMILES string of the molecule is CC1NC(C(C)C)N(CCOC2CCCCC2)C1=O. The Morgan fingerprint density at radius 2 is 2.00 bits per heavy atom. The highest BCUT2D eigenvalue weighted by atomic mass is 16.5. The van der Waals surface area contributed by atoms with Crippen molar-refractivity contribution >= 4 is 5.91 Å². The molecule has 1 saturated carbocycles. The van der Waals surface area contributed by atoms with Crippen LogP contribution in [-0.2, 0) is 9.53 Å². The third-order valence-corrected chi connectivity index (χ3v) is 4.28. The van der Waals surface area contributed by atoms with E-state index in [1.807, 2.05) is 11.8 Å². The zero-order valence-electron chi connectivity index (χ0n) is 12.5. The molecule has 19 heavy (non-hydrogen) atoms. The summed E-state index contributed by atoms with van der Waals surface area (Å²) in [5.74, 6) is 0.648. The molecule has 0 aromatic rings. The zero-order chi connectivity index (χ0) is 13.8. The summed E-state index contributed by atoms with van der Waals surface area (Å²) in [5.41, 5.74) is 0. The van der Waals surface area contributed by atoms with E-state index in [-0.39, 0.29) is 18.1 Å². The van der Waals surface area contributed by atoms with Crippen LogP contribution in [0.5, 0.6) is 0 Å². The summed E-state index contributed by atoms with van der Waals surface area (Å²) in [6.45, 7) is 7.64. The lowest BCUT2D eigenvalue weighted by Gasteiger charge is -2.28. The molecule has 4 nitrogen and oxygen atoms in total. The topological polar surface area (TPSA) is 41.6 Å². The monoisotopic (exact) mass is 268 g/mol. The Morgan fingerprint density at radius 1 is 1.32 bits per heavy atom. The van der Waals surface area contributed by atoms with Crippen LogP contribution >= 0.6 is 0 Å². The summed E-state index contributed by atoms with van der Waals surface area (Å²) >= 11 is 0. The molecule has 1 saturated heterocycles. The van der Waals surface area contributed by atoms with E-state index >= 15 is 0 Å². The van der Waals surface area contributed by atoms with Crippen LogP contribution in [-0.4, -0.2) is 42.3 Å². The van der Waals surface area contributed by atoms with Crippen molar-refractivity contribution in [3.63, 3.8) is 0 Å². The largest absolute Gasteiger partial charge is 0.376 e. The second kappa shape index (κ2) is 6.71. The lowest BCUT2D eigenvalue weighted by Crippen LogP contribution is -2.43. The van der Waals surface area contributed by atoms with E-state index in [0.717, 1.165) is 6.54 Å². The van der Waals surface area contributed by atoms with Gasteiger partial charge in [-0.05, 0) is 25.7 Å². The molecule has 2 atom stereocenters. The number of nitrogens with one attached hydrogen (secondary N) is 1. The maximum atomic E-state index is 12.1. The minimum atomic E-state index is -0.0536. The standard InChI is InChI=1S/C15H28N2O2/c1-11(2)14-16-12(3)15(18)17(14)9-10-19-13-7-5-4-6-8-13/h11-14,16H,4-10H2,1-3H3. The quantitative estimate of drug-likeness (QED) is 0.830. The highest BCUT2D eigenvalue weighted by Gasteiger charge is 2.37. The fourth-order valence-electron chi connectivity index (χ4n) is 3.15. The molecule has 1 N–H and O–H groups in total. The second-order valence-electron chi connectivity index (χ2n) is 6.24. The fourth-order valence-corrected chi connectivity index (χ4v) is 3.15. The van der Waals surface area contributed by atoms with Crippen molar-refractivity contribution in [2.24, 2.45) is 5.92 Å². The smallest absolute Gasteiger partial charge is 0.240 e. The van der Waals surface area contributed by atoms with Crippen molar-refractivity contribution in [2.45, 2.75) is 71.2 Å². The summed E-state index contributed by atoms with van der Waals surface area (Å²) in [5, 5.41) is 3.36. The van der Waals surface area contributed by atoms with E-state index in [2.05, 4.69) is 19.2 Å². The molecule has 0 aromatic heterocycles. The van der Waals surface area contributed by atoms with Crippen LogP contribution in [0.2, 0.25) is 0 Å². The molecule has 2 rings (SSSR count). The minimum absolute atomic E-state index is 0.0536. The Morgan fingerprint density at radius 3 is 2.63 bits per heavy atom. The summed E-state index contributed by atoms with van der Waals surface area (Å²) in [4.78, 5) is 14.1. The molecule has 1 heterocycles. The molecule has 110 valence electrons. The van der Waals surface area contributed by atoms with Gasteiger partial charge in [0.05, 0.1) is 24.9 Å². The first-order valence-corrected chi connectivity index (χ1v) is 7.77. The second-order valence-corrected chi connectivity index (χ2v) is 6.24. The van der Waals surface area contributed by atoms with Crippen molar-refractivity contribution in [1.29, 1.82) is 0 Å². The van der Waals surface area contributed by atoms with Gasteiger partial charge in [0.1, 0.15) is 0 Å². The van der Waals surface area contributed by atoms with Crippen LogP contribution in [0.4, 0.5) is 0 Å². The number of nitrogens with zero attached hydrogens (tertiary/aromatic N) is 1. The van der Waals surface area contributed by atoms with Gasteiger partial charge in [-0.15, -0.1) is 0 Å². The first-order chi connectivity index (χ1) is 9.09. The number of rotatable bonds is 5. The number of ether oxygens (including phenoxy) is 1. The number of hydrogen-bond acceptors (Lipinski definition) is 3. The average molecular weight is 268 g/mol. The molecule has 1 amide bonds. The van der Waals surface area contributed by atoms with Crippen molar-refractivity contribution in [3.8, 4) is 0 Å². The third kappa shape index (κ3) is 3.69. The molecule has 1 aliphatic carbocycles. The van der Waals surface area contributed by atoms with Crippen molar-refractivity contribution in [2.75, 3.05) is 13.2 Å². The van der Waals surface area contributed by atoms with E-state index in [0.29, 0.717) is 18.6 Å². The van der Waals surface area contributed by atoms with Gasteiger partial charge in [0.2, 0.25) is 5.91 Å². The summed E-state index contributed by atoms with van der Waals surface area (Å²) in [6, 6.07) is -0.0536. The van der Waals surface area contributed by atoms with E-state index in [9.17, 15) is 4.79 Å². The van der Waals surface area contributed by atoms with Gasteiger partial charge in [0, 0.05) is 6.54 Å². The molecule has 1 aliphatic heterocycles. The van der Waals surface area contributed by atoms with Gasteiger partial charge in [-0.25, -0.2) is 0 Å². The third-order valence-electron chi connectivity index (χ3n) is 4.28. The van der Waals surface area contributed by atoms with Gasteiger partial charge in [-0.1, -0.05) is 33.1 Å². The van der Waals surface area contributed by atoms with Crippen LogP contribution in [0.1, 0.15) is 52.9 Å². The number of carbonyl (C=O) groups is 1. The minimum Gasteiger partial charge on any atom is -0.376 e. The lowest BCUT2D eigenvalue weighted by molar-refractivity contribution is -0.131. The molecular formula is C15H28N2O2. The Labute approximate surface area is 116 Å². The van der Waals surface area contributed by atoms with E-state index in [1.54, 1.807) is 0 Å². The number of carbonyl (C=O) groups excluding carboxylic acids is 1. The highest BCUT2D eigenvalue weighted by molar-refractivity contribution is 5.83. The zero-order valence-corrected chi connectivity index (χ0v) is 12.5. The molecule has 0 spiro atoms. The van der Waals surface area contributed by atoms with Gasteiger partial charge in [0.25, 0.3) is 0 Å². The van der Waals surface area contributed by atoms with Crippen LogP contribution < -0.4 is 5.32 Å². The predicted molar refractivity (Wildman–Crippen MR) is 75.8 cm³/mol. The maximum Gasteiger partial charge on any atom is 0.240 e. The Kier molecular flexibility index (Phi) is 5.22. The van der Waals surface area contributed by atoms with Gasteiger partial charge < -0.3 is 9.64 Å². The van der Waals surface area contributed by atoms with Crippen molar-refractivity contribution in [3.05, 3.63) is 0 Å². The van der Waals surface area contributed by atoms with Gasteiger partial charge in [-0.2, -0.15) is 0 Å². The highest BCUT2D eigenvalue weighted by Crippen LogP contribution is 2.21. The summed E-state index contributed by atoms with van der Waals surface area (Å²) < 4.78 is 5.93. The van der Waals surface area contributed by atoms with Crippen molar-refractivity contribution < 1.29 is 9.53 Å². The fraction of sp³-hybridized carbons (Fsp3) is 0.933. The summed E-state index contributed by atoms with van der Waals surface area (Å²) in [7, 11) is 0. The Bertz CT molecular complexity index is 301. The summed E-state index contributed by atoms with van der Waals surface area (Å²) in [6.07, 6.45) is 6.90. The lowest BCUT2D eigenvalue weighted by atomic mass is 9.98. The average Bonchev–Trinajstić information content (AvgIpc) is 2.68. The molecular weight excluding hydrogens is 240 g/mol.